The van der Waals surface area contributed by atoms with E-state index in [1.807, 2.05) is 4.90 Å². The van der Waals surface area contributed by atoms with Crippen LogP contribution >= 0.6 is 0 Å². The van der Waals surface area contributed by atoms with Gasteiger partial charge in [0.1, 0.15) is 17.7 Å². The van der Waals surface area contributed by atoms with Gasteiger partial charge in [-0.2, -0.15) is 0 Å². The quantitative estimate of drug-likeness (QED) is 0.883. The van der Waals surface area contributed by atoms with Gasteiger partial charge in [-0.05, 0) is 27.3 Å². The minimum Gasteiger partial charge on any atom is -0.486 e. The fourth-order valence-corrected chi connectivity index (χ4v) is 3.40. The Labute approximate surface area is 141 Å². The van der Waals surface area contributed by atoms with Gasteiger partial charge in [0.15, 0.2) is 0 Å². The van der Waals surface area contributed by atoms with Gasteiger partial charge in [-0.15, -0.1) is 0 Å². The summed E-state index contributed by atoms with van der Waals surface area (Å²) < 4.78 is 20.2. The van der Waals surface area contributed by atoms with E-state index in [1.165, 1.54) is 6.07 Å². The lowest BCUT2D eigenvalue weighted by atomic mass is 10.0. The van der Waals surface area contributed by atoms with E-state index in [-0.39, 0.29) is 12.1 Å². The van der Waals surface area contributed by atoms with Crippen LogP contribution in [-0.2, 0) is 4.79 Å². The lowest BCUT2D eigenvalue weighted by molar-refractivity contribution is -0.141. The number of pyridine rings is 1. The molecule has 2 atom stereocenters. The molecular weight excluding hydrogens is 313 g/mol. The zero-order valence-electron chi connectivity index (χ0n) is 14.3. The summed E-state index contributed by atoms with van der Waals surface area (Å²) in [5, 5.41) is 9.14. The van der Waals surface area contributed by atoms with Gasteiger partial charge >= 0.3 is 5.97 Å². The highest BCUT2D eigenvalue weighted by atomic mass is 19.1. The second-order valence-corrected chi connectivity index (χ2v) is 7.05. The number of nitrogens with zero attached hydrogens (tertiary/aromatic N) is 3. The highest BCUT2D eigenvalue weighted by Gasteiger charge is 2.37. The largest absolute Gasteiger partial charge is 0.486 e. The first kappa shape index (κ1) is 17.1. The average Bonchev–Trinajstić information content (AvgIpc) is 2.84. The van der Waals surface area contributed by atoms with Gasteiger partial charge in [-0.25, -0.2) is 4.39 Å². The number of likely N-dealkylation sites (tertiary alicyclic amines) is 2. The Bertz CT molecular complexity index is 619. The zero-order chi connectivity index (χ0) is 17.4. The van der Waals surface area contributed by atoms with E-state index in [9.17, 15) is 9.18 Å². The number of aliphatic carboxylic acids is 1. The van der Waals surface area contributed by atoms with Gasteiger partial charge in [0.05, 0.1) is 23.9 Å². The first-order chi connectivity index (χ1) is 11.3. The highest BCUT2D eigenvalue weighted by molar-refractivity contribution is 5.70. The summed E-state index contributed by atoms with van der Waals surface area (Å²) in [6, 6.07) is 1.55. The Morgan fingerprint density at radius 3 is 2.67 bits per heavy atom. The maximum atomic E-state index is 14.5. The number of hydrogen-bond acceptors (Lipinski definition) is 5. The van der Waals surface area contributed by atoms with E-state index >= 15 is 0 Å². The Morgan fingerprint density at radius 1 is 1.42 bits per heavy atom. The number of carboxylic acids is 1. The maximum Gasteiger partial charge on any atom is 0.307 e. The van der Waals surface area contributed by atoms with Gasteiger partial charge in [0.25, 0.3) is 0 Å². The van der Waals surface area contributed by atoms with Crippen LogP contribution in [0.5, 0.6) is 5.75 Å². The third-order valence-electron chi connectivity index (χ3n) is 4.97. The monoisotopic (exact) mass is 337 g/mol. The van der Waals surface area contributed by atoms with Crippen LogP contribution in [0.1, 0.15) is 32.0 Å². The molecular formula is C17H24FN3O3. The van der Waals surface area contributed by atoms with Gasteiger partial charge in [-0.3, -0.25) is 19.6 Å². The molecule has 0 aliphatic carbocycles. The number of carboxylic acid groups (broad SMARTS) is 1. The van der Waals surface area contributed by atoms with Crippen LogP contribution in [-0.4, -0.2) is 64.7 Å². The first-order valence-electron chi connectivity index (χ1n) is 8.34. The predicted octanol–water partition coefficient (Wildman–Crippen LogP) is 1.77. The van der Waals surface area contributed by atoms with Crippen LogP contribution < -0.4 is 4.74 Å². The van der Waals surface area contributed by atoms with Crippen molar-refractivity contribution in [1.29, 1.82) is 0 Å². The molecule has 1 N–H and O–H groups in total. The van der Waals surface area contributed by atoms with Crippen molar-refractivity contribution >= 4 is 5.97 Å². The van der Waals surface area contributed by atoms with Crippen LogP contribution in [0.4, 0.5) is 4.39 Å². The molecule has 7 heteroatoms. The molecule has 0 saturated carbocycles. The van der Waals surface area contributed by atoms with E-state index in [0.29, 0.717) is 30.5 Å². The van der Waals surface area contributed by atoms with E-state index < -0.39 is 17.7 Å². The molecule has 2 aliphatic heterocycles. The van der Waals surface area contributed by atoms with E-state index in [2.05, 4.69) is 23.7 Å². The van der Waals surface area contributed by atoms with Crippen molar-refractivity contribution in [1.82, 2.24) is 14.8 Å². The van der Waals surface area contributed by atoms with E-state index in [4.69, 9.17) is 9.84 Å². The van der Waals surface area contributed by atoms with Gasteiger partial charge < -0.3 is 9.84 Å². The minimum absolute atomic E-state index is 0.0741. The summed E-state index contributed by atoms with van der Waals surface area (Å²) in [6.45, 7) is 6.36. The normalized spacial score (nSPS) is 25.9. The molecule has 24 heavy (non-hydrogen) atoms. The maximum absolute atomic E-state index is 14.5. The topological polar surface area (TPSA) is 65.9 Å². The summed E-state index contributed by atoms with van der Waals surface area (Å²) >= 11 is 0. The Kier molecular flexibility index (Phi) is 4.73. The molecule has 2 fully saturated rings. The molecule has 6 nitrogen and oxygen atoms in total. The molecule has 3 heterocycles. The van der Waals surface area contributed by atoms with Crippen molar-refractivity contribution in [3.63, 3.8) is 0 Å². The average molecular weight is 337 g/mol. The number of halogens is 1. The molecule has 132 valence electrons. The summed E-state index contributed by atoms with van der Waals surface area (Å²) in [7, 11) is 1.80. The molecule has 0 bridgehead atoms. The van der Waals surface area contributed by atoms with Crippen LogP contribution in [0.3, 0.4) is 0 Å². The molecule has 0 amide bonds. The van der Waals surface area contributed by atoms with E-state index in [1.54, 1.807) is 13.2 Å². The Balaban J connectivity index is 1.64. The molecule has 2 unspecified atom stereocenters. The van der Waals surface area contributed by atoms with Crippen molar-refractivity contribution in [3.05, 3.63) is 23.8 Å². The smallest absolute Gasteiger partial charge is 0.307 e. The molecule has 0 spiro atoms. The highest BCUT2D eigenvalue weighted by Crippen LogP contribution is 2.35. The standard InChI is InChI=1S/C17H24FN3O3/c1-10(2)21-8-13(9-21)24-12-5-14(18)16(19-6-12)15-4-11(17(22)23)7-20(15)3/h5-6,10-11,13,15H,4,7-9H2,1-3H3,(H,22,23). The summed E-state index contributed by atoms with van der Waals surface area (Å²) in [5.41, 5.74) is 0.297. The number of hydrogen-bond donors (Lipinski definition) is 1. The second-order valence-electron chi connectivity index (χ2n) is 7.05. The van der Waals surface area contributed by atoms with Crippen molar-refractivity contribution in [2.45, 2.75) is 38.5 Å². The van der Waals surface area contributed by atoms with Gasteiger partial charge in [-0.1, -0.05) is 0 Å². The summed E-state index contributed by atoms with van der Waals surface area (Å²) in [5.74, 6) is -1.32. The lowest BCUT2D eigenvalue weighted by Crippen LogP contribution is -2.56. The minimum atomic E-state index is -0.843. The molecule has 0 radical (unpaired) electrons. The van der Waals surface area contributed by atoms with Crippen molar-refractivity contribution < 1.29 is 19.0 Å². The molecule has 1 aromatic rings. The van der Waals surface area contributed by atoms with E-state index in [0.717, 1.165) is 13.1 Å². The van der Waals surface area contributed by atoms with Crippen LogP contribution in [0.15, 0.2) is 12.3 Å². The zero-order valence-corrected chi connectivity index (χ0v) is 14.3. The summed E-state index contributed by atoms with van der Waals surface area (Å²) in [4.78, 5) is 19.5. The first-order valence-corrected chi connectivity index (χ1v) is 8.34. The number of rotatable bonds is 5. The van der Waals surface area contributed by atoms with Gasteiger partial charge in [0, 0.05) is 31.7 Å². The molecule has 0 aromatic carbocycles. The third kappa shape index (κ3) is 3.37. The van der Waals surface area contributed by atoms with Crippen LogP contribution in [0.25, 0.3) is 0 Å². The number of ether oxygens (including phenoxy) is 1. The molecule has 3 rings (SSSR count). The SMILES string of the molecule is CC(C)N1CC(Oc2cnc(C3CC(C(=O)O)CN3C)c(F)c2)C1. The van der Waals surface area contributed by atoms with Gasteiger partial charge in [0.2, 0.25) is 0 Å². The lowest BCUT2D eigenvalue weighted by Gasteiger charge is -2.41. The predicted molar refractivity (Wildman–Crippen MR) is 86.4 cm³/mol. The summed E-state index contributed by atoms with van der Waals surface area (Å²) in [6.07, 6.45) is 1.99. The third-order valence-corrected chi connectivity index (χ3v) is 4.97. The van der Waals surface area contributed by atoms with Crippen molar-refractivity contribution in [2.24, 2.45) is 5.92 Å². The second kappa shape index (κ2) is 6.64. The molecule has 2 aliphatic rings. The Morgan fingerprint density at radius 2 is 2.12 bits per heavy atom. The molecule has 1 aromatic heterocycles. The fraction of sp³-hybridized carbons (Fsp3) is 0.647. The van der Waals surface area contributed by atoms with Crippen LogP contribution in [0, 0.1) is 11.7 Å². The Hall–Kier alpha value is -1.73. The fourth-order valence-electron chi connectivity index (χ4n) is 3.40. The van der Waals surface area contributed by atoms with Crippen molar-refractivity contribution in [2.75, 3.05) is 26.7 Å². The number of aromatic nitrogens is 1. The molecule has 2 saturated heterocycles. The van der Waals surface area contributed by atoms with Crippen molar-refractivity contribution in [3.8, 4) is 5.75 Å². The number of carbonyl (C=O) groups is 1. The van der Waals surface area contributed by atoms with Crippen LogP contribution in [0.2, 0.25) is 0 Å².